The summed E-state index contributed by atoms with van der Waals surface area (Å²) in [5.41, 5.74) is 4.25. The maximum atomic E-state index is 4.34. The minimum Gasteiger partial charge on any atom is -0.0998 e. The Kier molecular flexibility index (Phi) is 3.42. The summed E-state index contributed by atoms with van der Waals surface area (Å²) in [7, 11) is 0. The monoisotopic (exact) mass is 272 g/mol. The quantitative estimate of drug-likeness (QED) is 0.503. The van der Waals surface area contributed by atoms with E-state index >= 15 is 0 Å². The van der Waals surface area contributed by atoms with E-state index in [0.29, 0.717) is 10.8 Å². The summed E-state index contributed by atoms with van der Waals surface area (Å²) in [6.07, 6.45) is 12.3. The van der Waals surface area contributed by atoms with Crippen LogP contribution in [0.4, 0.5) is 0 Å². The fourth-order valence-electron chi connectivity index (χ4n) is 5.79. The molecule has 0 radical (unpaired) electrons. The molecule has 3 rings (SSSR count). The summed E-state index contributed by atoms with van der Waals surface area (Å²) >= 11 is 0. The first-order valence-corrected chi connectivity index (χ1v) is 8.67. The summed E-state index contributed by atoms with van der Waals surface area (Å²) in [4.78, 5) is 0. The molecule has 0 saturated heterocycles. The highest BCUT2D eigenvalue weighted by molar-refractivity contribution is 5.16. The van der Waals surface area contributed by atoms with Gasteiger partial charge in [0.2, 0.25) is 0 Å². The second-order valence-electron chi connectivity index (χ2n) is 8.73. The third kappa shape index (κ3) is 2.11. The first-order valence-electron chi connectivity index (χ1n) is 8.67. The van der Waals surface area contributed by atoms with E-state index in [4.69, 9.17) is 0 Å². The van der Waals surface area contributed by atoms with Gasteiger partial charge in [0.15, 0.2) is 0 Å². The smallest absolute Gasteiger partial charge is 0.0172 e. The van der Waals surface area contributed by atoms with Crippen LogP contribution in [0.15, 0.2) is 23.8 Å². The molecule has 0 nitrogen and oxygen atoms in total. The molecule has 2 fully saturated rings. The van der Waals surface area contributed by atoms with Crippen LogP contribution >= 0.6 is 0 Å². The maximum Gasteiger partial charge on any atom is -0.0172 e. The van der Waals surface area contributed by atoms with Gasteiger partial charge in [0, 0.05) is 0 Å². The van der Waals surface area contributed by atoms with Gasteiger partial charge in [-0.2, -0.15) is 0 Å². The Morgan fingerprint density at radius 1 is 1.15 bits per heavy atom. The van der Waals surface area contributed by atoms with Crippen molar-refractivity contribution in [2.45, 2.75) is 72.6 Å². The van der Waals surface area contributed by atoms with Gasteiger partial charge < -0.3 is 0 Å². The first-order chi connectivity index (χ1) is 9.36. The molecule has 0 aromatic carbocycles. The molecule has 3 aliphatic rings. The third-order valence-corrected chi connectivity index (χ3v) is 7.26. The molecule has 0 amide bonds. The van der Waals surface area contributed by atoms with Crippen LogP contribution in [0.5, 0.6) is 0 Å². The van der Waals surface area contributed by atoms with Crippen LogP contribution in [0, 0.1) is 28.6 Å². The van der Waals surface area contributed by atoms with E-state index in [1.54, 1.807) is 5.57 Å². The van der Waals surface area contributed by atoms with Gasteiger partial charge in [0.25, 0.3) is 0 Å². The number of fused-ring (bicyclic) bond motifs is 3. The average Bonchev–Trinajstić information content (AvgIpc) is 2.66. The Hall–Kier alpha value is -0.520. The van der Waals surface area contributed by atoms with Crippen molar-refractivity contribution in [3.05, 3.63) is 23.8 Å². The van der Waals surface area contributed by atoms with Crippen molar-refractivity contribution in [3.8, 4) is 0 Å². The fraction of sp³-hybridized carbons (Fsp3) is 0.800. The molecule has 0 heterocycles. The predicted octanol–water partition coefficient (Wildman–Crippen LogP) is 6.14. The highest BCUT2D eigenvalue weighted by atomic mass is 14.6. The van der Waals surface area contributed by atoms with Gasteiger partial charge in [0.1, 0.15) is 0 Å². The van der Waals surface area contributed by atoms with Crippen molar-refractivity contribution in [1.29, 1.82) is 0 Å². The normalized spacial score (nSPS) is 48.0. The lowest BCUT2D eigenvalue weighted by Gasteiger charge is -2.53. The molecule has 3 aliphatic carbocycles. The summed E-state index contributed by atoms with van der Waals surface area (Å²) in [6, 6.07) is 0. The lowest BCUT2D eigenvalue weighted by Crippen LogP contribution is -2.46. The van der Waals surface area contributed by atoms with E-state index in [-0.39, 0.29) is 0 Å². The highest BCUT2D eigenvalue weighted by Gasteiger charge is 2.56. The maximum absolute atomic E-state index is 4.34. The molecule has 0 aliphatic heterocycles. The Balaban J connectivity index is 1.97. The fourth-order valence-corrected chi connectivity index (χ4v) is 5.79. The van der Waals surface area contributed by atoms with E-state index in [2.05, 4.69) is 40.3 Å². The van der Waals surface area contributed by atoms with Crippen LogP contribution in [0.2, 0.25) is 0 Å². The van der Waals surface area contributed by atoms with E-state index in [1.165, 1.54) is 50.5 Å². The van der Waals surface area contributed by atoms with Gasteiger partial charge in [0.05, 0.1) is 0 Å². The third-order valence-electron chi connectivity index (χ3n) is 7.26. The molecule has 0 unspecified atom stereocenters. The molecular weight excluding hydrogens is 240 g/mol. The number of hydrogen-bond donors (Lipinski definition) is 0. The highest BCUT2D eigenvalue weighted by Crippen LogP contribution is 2.65. The first kappa shape index (κ1) is 14.4. The molecule has 0 aromatic heterocycles. The number of hydrogen-bond acceptors (Lipinski definition) is 0. The van der Waals surface area contributed by atoms with E-state index in [9.17, 15) is 0 Å². The Morgan fingerprint density at radius 3 is 2.55 bits per heavy atom. The lowest BCUT2D eigenvalue weighted by atomic mass is 9.51. The molecule has 5 atom stereocenters. The second-order valence-corrected chi connectivity index (χ2v) is 8.73. The second kappa shape index (κ2) is 4.75. The van der Waals surface area contributed by atoms with Gasteiger partial charge >= 0.3 is 0 Å². The van der Waals surface area contributed by atoms with Gasteiger partial charge in [-0.3, -0.25) is 0 Å². The zero-order chi connectivity index (χ0) is 14.5. The van der Waals surface area contributed by atoms with Crippen LogP contribution in [0.3, 0.4) is 0 Å². The van der Waals surface area contributed by atoms with Crippen molar-refractivity contribution in [3.63, 3.8) is 0 Å². The summed E-state index contributed by atoms with van der Waals surface area (Å²) < 4.78 is 0. The zero-order valence-corrected chi connectivity index (χ0v) is 14.0. The van der Waals surface area contributed by atoms with E-state index < -0.39 is 0 Å². The number of allylic oxidation sites excluding steroid dienone is 3. The molecular formula is C20H32. The lowest BCUT2D eigenvalue weighted by molar-refractivity contribution is -0.0331. The van der Waals surface area contributed by atoms with Crippen molar-refractivity contribution in [1.82, 2.24) is 0 Å². The molecule has 0 bridgehead atoms. The summed E-state index contributed by atoms with van der Waals surface area (Å²) in [5, 5.41) is 0. The average molecular weight is 272 g/mol. The Bertz CT molecular complexity index is 443. The van der Waals surface area contributed by atoms with Crippen molar-refractivity contribution >= 4 is 0 Å². The van der Waals surface area contributed by atoms with Gasteiger partial charge in [-0.1, -0.05) is 37.6 Å². The SMILES string of the molecule is C=C(C)[C@@H]1CC[C@]2(C)CC[C@@]3(C)CC=C(C)CC[C@@H]3[C@@H]12. The van der Waals surface area contributed by atoms with Crippen LogP contribution < -0.4 is 0 Å². The van der Waals surface area contributed by atoms with Crippen LogP contribution in [-0.2, 0) is 0 Å². The molecule has 0 heteroatoms. The Morgan fingerprint density at radius 2 is 1.85 bits per heavy atom. The summed E-state index contributed by atoms with van der Waals surface area (Å²) in [5.74, 6) is 2.61. The van der Waals surface area contributed by atoms with Crippen LogP contribution in [0.1, 0.15) is 72.6 Å². The largest absolute Gasteiger partial charge is 0.0998 e. The van der Waals surface area contributed by atoms with Gasteiger partial charge in [-0.05, 0) is 87.4 Å². The predicted molar refractivity (Wildman–Crippen MR) is 87.6 cm³/mol. The summed E-state index contributed by atoms with van der Waals surface area (Å²) in [6.45, 7) is 14.1. The molecule has 0 N–H and O–H groups in total. The molecule has 20 heavy (non-hydrogen) atoms. The minimum atomic E-state index is 0.556. The van der Waals surface area contributed by atoms with E-state index in [1.807, 2.05) is 0 Å². The molecule has 0 aromatic rings. The van der Waals surface area contributed by atoms with Gasteiger partial charge in [-0.15, -0.1) is 0 Å². The molecule has 112 valence electrons. The molecule has 2 saturated carbocycles. The van der Waals surface area contributed by atoms with E-state index in [0.717, 1.165) is 17.8 Å². The van der Waals surface area contributed by atoms with Crippen LogP contribution in [0.25, 0.3) is 0 Å². The zero-order valence-electron chi connectivity index (χ0n) is 14.0. The minimum absolute atomic E-state index is 0.556. The van der Waals surface area contributed by atoms with Crippen molar-refractivity contribution in [2.24, 2.45) is 28.6 Å². The topological polar surface area (TPSA) is 0 Å². The van der Waals surface area contributed by atoms with Gasteiger partial charge in [-0.25, -0.2) is 0 Å². The number of rotatable bonds is 1. The van der Waals surface area contributed by atoms with Crippen molar-refractivity contribution in [2.75, 3.05) is 0 Å². The Labute approximate surface area is 125 Å². The van der Waals surface area contributed by atoms with Crippen molar-refractivity contribution < 1.29 is 0 Å². The standard InChI is InChI=1S/C20H32/c1-14(2)16-9-11-20(5)13-12-19(4)10-8-15(3)6-7-17(19)18(16)20/h8,16-18H,1,6-7,9-13H2,2-5H3/t16-,17+,18+,19+,20+/m0/s1. The van der Waals surface area contributed by atoms with Crippen LogP contribution in [-0.4, -0.2) is 0 Å². The molecule has 0 spiro atoms.